The van der Waals surface area contributed by atoms with E-state index in [4.69, 9.17) is 10.5 Å². The van der Waals surface area contributed by atoms with E-state index in [0.29, 0.717) is 17.7 Å². The molecule has 1 aromatic carbocycles. The highest BCUT2D eigenvalue weighted by Gasteiger charge is 2.60. The summed E-state index contributed by atoms with van der Waals surface area (Å²) in [6.45, 7) is 3.01. The van der Waals surface area contributed by atoms with Gasteiger partial charge in [0, 0.05) is 49.4 Å². The number of nitrogens with one attached hydrogen (secondary N) is 1. The molecule has 0 heterocycles. The highest BCUT2D eigenvalue weighted by Crippen LogP contribution is 2.51. The summed E-state index contributed by atoms with van der Waals surface area (Å²) in [5, 5.41) is 47.2. The fourth-order valence-corrected chi connectivity index (χ4v) is 5.93. The van der Waals surface area contributed by atoms with Gasteiger partial charge in [-0.15, -0.1) is 6.58 Å². The normalized spacial score (nSPS) is 22.2. The number of nitrogens with zero attached hydrogens (tertiary/aromatic N) is 2. The predicted octanol–water partition coefficient (Wildman–Crippen LogP) is 0.389. The van der Waals surface area contributed by atoms with Crippen molar-refractivity contribution in [1.29, 1.82) is 0 Å². The van der Waals surface area contributed by atoms with Crippen LogP contribution >= 0.6 is 0 Å². The van der Waals surface area contributed by atoms with E-state index in [1.165, 1.54) is 0 Å². The van der Waals surface area contributed by atoms with Crippen molar-refractivity contribution in [1.82, 2.24) is 10.2 Å². The van der Waals surface area contributed by atoms with Gasteiger partial charge in [0.2, 0.25) is 11.7 Å². The molecule has 3 rings (SSSR count). The number of aromatic hydroxyl groups is 1. The molecule has 13 nitrogen and oxygen atoms in total. The van der Waals surface area contributed by atoms with Crippen LogP contribution in [0.2, 0.25) is 0 Å². The monoisotopic (exact) mass is 588 g/mol. The molecule has 0 saturated heterocycles. The van der Waals surface area contributed by atoms with E-state index in [9.17, 15) is 39.6 Å². The van der Waals surface area contributed by atoms with Gasteiger partial charge in [-0.1, -0.05) is 6.08 Å². The number of ether oxygens (including phenoxy) is 1. The van der Waals surface area contributed by atoms with Crippen molar-refractivity contribution in [2.24, 2.45) is 17.6 Å². The minimum atomic E-state index is -2.77. The lowest BCUT2D eigenvalue weighted by atomic mass is 9.59. The molecule has 1 saturated carbocycles. The van der Waals surface area contributed by atoms with E-state index < -0.39 is 71.6 Å². The zero-order chi connectivity index (χ0) is 31.5. The number of rotatable bonds is 12. The number of phenols is 1. The van der Waals surface area contributed by atoms with Crippen LogP contribution in [-0.2, 0) is 32.1 Å². The van der Waals surface area contributed by atoms with Crippen molar-refractivity contribution in [2.75, 3.05) is 46.3 Å². The van der Waals surface area contributed by atoms with E-state index in [1.54, 1.807) is 50.1 Å². The molecule has 1 aromatic rings. The fraction of sp³-hybridized carbons (Fsp3) is 0.517. The maximum atomic E-state index is 14.0. The summed E-state index contributed by atoms with van der Waals surface area (Å²) in [5.41, 5.74) is 3.48. The summed E-state index contributed by atoms with van der Waals surface area (Å²) >= 11 is 0. The number of primary amides is 1. The molecule has 2 amide bonds. The van der Waals surface area contributed by atoms with Crippen LogP contribution in [0.4, 0.5) is 10.5 Å². The minimum Gasteiger partial charge on any atom is -0.507 e. The highest BCUT2D eigenvalue weighted by atomic mass is 16.5. The molecule has 4 atom stereocenters. The molecular weight excluding hydrogens is 548 g/mol. The number of phenolic OH excluding ortho intramolecular Hbond substituents is 1. The zero-order valence-electron chi connectivity index (χ0n) is 24.3. The number of ketones is 2. The third-order valence-electron chi connectivity index (χ3n) is 8.01. The Bertz CT molecular complexity index is 1310. The SMILES string of the molecule is C=CCCOC(=O)NCc1cc(N(C)C)c2c(c1O)C(O)=C1C(=O)[C@](O)(C(=O)CC(N)=O)[C@H]([C@@H](CO)N(C)C)C[C@@H]1C2. The Kier molecular flexibility index (Phi) is 10.0. The molecule has 13 heteroatoms. The first-order chi connectivity index (χ1) is 19.7. The molecular formula is C29H40N4O9. The molecule has 0 aromatic heterocycles. The summed E-state index contributed by atoms with van der Waals surface area (Å²) in [7, 11) is 6.76. The molecule has 230 valence electrons. The number of amides is 2. The number of carbonyl (C=O) groups is 4. The third kappa shape index (κ3) is 5.98. The number of anilines is 1. The lowest BCUT2D eigenvalue weighted by Gasteiger charge is -2.47. The largest absolute Gasteiger partial charge is 0.507 e. The van der Waals surface area contributed by atoms with Crippen LogP contribution in [0.3, 0.4) is 0 Å². The van der Waals surface area contributed by atoms with E-state index in [-0.39, 0.29) is 42.7 Å². The topological polar surface area (TPSA) is 203 Å². The Hall–Kier alpha value is -3.94. The molecule has 42 heavy (non-hydrogen) atoms. The van der Waals surface area contributed by atoms with Crippen molar-refractivity contribution < 1.29 is 44.3 Å². The van der Waals surface area contributed by atoms with E-state index in [1.807, 2.05) is 0 Å². The van der Waals surface area contributed by atoms with E-state index in [2.05, 4.69) is 11.9 Å². The molecule has 7 N–H and O–H groups in total. The maximum Gasteiger partial charge on any atom is 0.407 e. The highest BCUT2D eigenvalue weighted by molar-refractivity contribution is 6.23. The average Bonchev–Trinajstić information content (AvgIpc) is 2.90. The number of Topliss-reactive ketones (excluding diaryl/α,β-unsaturated/α-hetero) is 2. The van der Waals surface area contributed by atoms with Crippen LogP contribution < -0.4 is 16.0 Å². The fourth-order valence-electron chi connectivity index (χ4n) is 5.93. The Morgan fingerprint density at radius 3 is 2.48 bits per heavy atom. The Morgan fingerprint density at radius 2 is 1.93 bits per heavy atom. The molecule has 2 aliphatic rings. The van der Waals surface area contributed by atoms with Crippen LogP contribution in [0.25, 0.3) is 5.76 Å². The van der Waals surface area contributed by atoms with Gasteiger partial charge in [0.15, 0.2) is 11.4 Å². The van der Waals surface area contributed by atoms with Crippen LogP contribution in [0, 0.1) is 11.8 Å². The second-order valence-electron chi connectivity index (χ2n) is 11.1. The summed E-state index contributed by atoms with van der Waals surface area (Å²) in [4.78, 5) is 54.3. The predicted molar refractivity (Wildman–Crippen MR) is 154 cm³/mol. The van der Waals surface area contributed by atoms with E-state index >= 15 is 0 Å². The van der Waals surface area contributed by atoms with Gasteiger partial charge in [-0.25, -0.2) is 4.79 Å². The second-order valence-corrected chi connectivity index (χ2v) is 11.1. The van der Waals surface area contributed by atoms with Gasteiger partial charge in [-0.3, -0.25) is 14.4 Å². The first-order valence-electron chi connectivity index (χ1n) is 13.6. The Labute approximate surface area is 244 Å². The van der Waals surface area contributed by atoms with Crippen molar-refractivity contribution in [3.63, 3.8) is 0 Å². The zero-order valence-corrected chi connectivity index (χ0v) is 24.3. The number of nitrogens with two attached hydrogens (primary N) is 1. The number of hydrogen-bond acceptors (Lipinski definition) is 11. The van der Waals surface area contributed by atoms with Crippen LogP contribution in [0.15, 0.2) is 24.3 Å². The lowest BCUT2D eigenvalue weighted by molar-refractivity contribution is -0.163. The Morgan fingerprint density at radius 1 is 1.26 bits per heavy atom. The van der Waals surface area contributed by atoms with Crippen molar-refractivity contribution >= 4 is 35.0 Å². The van der Waals surface area contributed by atoms with Crippen LogP contribution in [0.1, 0.15) is 36.0 Å². The van der Waals surface area contributed by atoms with Crippen molar-refractivity contribution in [3.05, 3.63) is 41.0 Å². The number of alkyl carbamates (subject to hydrolysis) is 1. The molecule has 0 bridgehead atoms. The second kappa shape index (κ2) is 12.9. The van der Waals surface area contributed by atoms with Crippen molar-refractivity contribution in [3.8, 4) is 5.75 Å². The summed E-state index contributed by atoms with van der Waals surface area (Å²) in [6.07, 6.45) is 0.561. The molecule has 0 spiro atoms. The summed E-state index contributed by atoms with van der Waals surface area (Å²) in [6, 6.07) is 0.809. The van der Waals surface area contributed by atoms with E-state index in [0.717, 1.165) is 0 Å². The summed E-state index contributed by atoms with van der Waals surface area (Å²) in [5.74, 6) is -6.13. The van der Waals surface area contributed by atoms with Gasteiger partial charge in [-0.05, 0) is 50.9 Å². The Balaban J connectivity index is 2.16. The number of carbonyl (C=O) groups excluding carboxylic acids is 4. The quantitative estimate of drug-likeness (QED) is 0.112. The minimum absolute atomic E-state index is 0.00245. The number of fused-ring (bicyclic) bond motifs is 2. The lowest BCUT2D eigenvalue weighted by Crippen LogP contribution is -2.64. The number of benzene rings is 1. The number of hydrogen-bond donors (Lipinski definition) is 6. The number of aliphatic hydroxyl groups excluding tert-OH is 2. The number of likely N-dealkylation sites (N-methyl/N-ethyl adjacent to an activating group) is 1. The standard InChI is InChI=1S/C29H40N4O9/c1-6-7-8-42-28(40)31-13-16-11-19(32(2)3)17-9-15-10-18(20(14-34)33(4)5)29(41,21(35)12-22(30)36)27(39)23(15)26(38)24(17)25(16)37/h6,11,15,18,20,34,37-38,41H,1,7-10,12-14H2,2-5H3,(H2,30,36)(H,31,40)/t15-,18-,20+,29+/m0/s1. The summed E-state index contributed by atoms with van der Waals surface area (Å²) < 4.78 is 5.04. The first kappa shape index (κ1) is 32.6. The molecule has 2 aliphatic carbocycles. The first-order valence-corrected chi connectivity index (χ1v) is 13.6. The molecule has 0 aliphatic heterocycles. The third-order valence-corrected chi connectivity index (χ3v) is 8.01. The smallest absolute Gasteiger partial charge is 0.407 e. The van der Waals surface area contributed by atoms with Gasteiger partial charge in [0.1, 0.15) is 11.5 Å². The van der Waals surface area contributed by atoms with Crippen LogP contribution in [-0.4, -0.2) is 102 Å². The molecule has 1 fully saturated rings. The van der Waals surface area contributed by atoms with Gasteiger partial charge < -0.3 is 46.0 Å². The van der Waals surface area contributed by atoms with Gasteiger partial charge in [0.05, 0.1) is 25.2 Å². The average molecular weight is 589 g/mol. The molecule has 0 unspecified atom stereocenters. The number of aliphatic hydroxyl groups is 3. The van der Waals surface area contributed by atoms with Crippen molar-refractivity contribution in [2.45, 2.75) is 43.9 Å². The van der Waals surface area contributed by atoms with Gasteiger partial charge in [-0.2, -0.15) is 0 Å². The van der Waals surface area contributed by atoms with Gasteiger partial charge >= 0.3 is 6.09 Å². The van der Waals surface area contributed by atoms with Gasteiger partial charge in [0.25, 0.3) is 0 Å². The molecule has 0 radical (unpaired) electrons. The maximum absolute atomic E-state index is 14.0. The van der Waals surface area contributed by atoms with Crippen LogP contribution in [0.5, 0.6) is 5.75 Å².